The van der Waals surface area contributed by atoms with Crippen LogP contribution in [0.3, 0.4) is 0 Å². The van der Waals surface area contributed by atoms with Gasteiger partial charge in [0.2, 0.25) is 5.91 Å². The third-order valence-corrected chi connectivity index (χ3v) is 4.19. The van der Waals surface area contributed by atoms with Gasteiger partial charge in [-0.3, -0.25) is 9.69 Å². The standard InChI is InChI=1S/C15H20N2O3/c1-19-12-8-5-6-10(13(12)20-2)14-16-15(18)11-7-3-4-9-17(11)14/h5-6,8,11,14H,3-4,7,9H2,1-2H3,(H,16,18). The number of para-hydroxylation sites is 1. The molecule has 0 aromatic heterocycles. The SMILES string of the molecule is COc1cccc(C2NC(=O)C3CCCCN32)c1OC. The second kappa shape index (κ2) is 5.32. The van der Waals surface area contributed by atoms with E-state index in [-0.39, 0.29) is 18.1 Å². The number of hydrogen-bond acceptors (Lipinski definition) is 4. The van der Waals surface area contributed by atoms with E-state index in [0.717, 1.165) is 31.4 Å². The number of methoxy groups -OCH3 is 2. The van der Waals surface area contributed by atoms with Crippen molar-refractivity contribution in [3.8, 4) is 11.5 Å². The van der Waals surface area contributed by atoms with Crippen LogP contribution in [-0.4, -0.2) is 37.6 Å². The van der Waals surface area contributed by atoms with Gasteiger partial charge in [-0.05, 0) is 18.9 Å². The Labute approximate surface area is 118 Å². The Kier molecular flexibility index (Phi) is 3.53. The van der Waals surface area contributed by atoms with Crippen molar-refractivity contribution in [2.45, 2.75) is 31.5 Å². The lowest BCUT2D eigenvalue weighted by Gasteiger charge is -2.32. The fourth-order valence-corrected chi connectivity index (χ4v) is 3.24. The van der Waals surface area contributed by atoms with Gasteiger partial charge < -0.3 is 14.8 Å². The fourth-order valence-electron chi connectivity index (χ4n) is 3.24. The van der Waals surface area contributed by atoms with Crippen molar-refractivity contribution >= 4 is 5.91 Å². The van der Waals surface area contributed by atoms with Gasteiger partial charge in [-0.15, -0.1) is 0 Å². The minimum atomic E-state index is -0.113. The number of benzene rings is 1. The van der Waals surface area contributed by atoms with Gasteiger partial charge in [-0.2, -0.15) is 0 Å². The maximum absolute atomic E-state index is 12.1. The second-order valence-electron chi connectivity index (χ2n) is 5.24. The number of piperidine rings is 1. The quantitative estimate of drug-likeness (QED) is 0.912. The topological polar surface area (TPSA) is 50.8 Å². The second-order valence-corrected chi connectivity index (χ2v) is 5.24. The van der Waals surface area contributed by atoms with Gasteiger partial charge >= 0.3 is 0 Å². The molecule has 2 saturated heterocycles. The van der Waals surface area contributed by atoms with Gasteiger partial charge in [0.15, 0.2) is 11.5 Å². The van der Waals surface area contributed by atoms with Crippen LogP contribution in [0.4, 0.5) is 0 Å². The van der Waals surface area contributed by atoms with Gasteiger partial charge in [0.05, 0.1) is 20.3 Å². The Hall–Kier alpha value is -1.75. The van der Waals surface area contributed by atoms with E-state index >= 15 is 0 Å². The molecule has 5 heteroatoms. The van der Waals surface area contributed by atoms with E-state index in [0.29, 0.717) is 11.5 Å². The zero-order chi connectivity index (χ0) is 14.1. The van der Waals surface area contributed by atoms with Gasteiger partial charge in [0, 0.05) is 12.1 Å². The predicted molar refractivity (Wildman–Crippen MR) is 74.8 cm³/mol. The summed E-state index contributed by atoms with van der Waals surface area (Å²) >= 11 is 0. The van der Waals surface area contributed by atoms with E-state index in [9.17, 15) is 4.79 Å². The molecule has 1 N–H and O–H groups in total. The molecule has 20 heavy (non-hydrogen) atoms. The number of carbonyl (C=O) groups excluding carboxylic acids is 1. The summed E-state index contributed by atoms with van der Waals surface area (Å²) in [6, 6.07) is 5.79. The van der Waals surface area contributed by atoms with E-state index in [1.54, 1.807) is 14.2 Å². The third kappa shape index (κ3) is 2.02. The summed E-state index contributed by atoms with van der Waals surface area (Å²) in [6.45, 7) is 0.939. The van der Waals surface area contributed by atoms with E-state index in [1.165, 1.54) is 0 Å². The first kappa shape index (κ1) is 13.2. The summed E-state index contributed by atoms with van der Waals surface area (Å²) < 4.78 is 10.8. The van der Waals surface area contributed by atoms with Crippen LogP contribution in [0, 0.1) is 0 Å². The maximum Gasteiger partial charge on any atom is 0.238 e. The van der Waals surface area contributed by atoms with E-state index in [2.05, 4.69) is 10.2 Å². The summed E-state index contributed by atoms with van der Waals surface area (Å²) in [5, 5.41) is 3.09. The first-order chi connectivity index (χ1) is 9.76. The van der Waals surface area contributed by atoms with Gasteiger partial charge in [-0.1, -0.05) is 18.6 Å². The van der Waals surface area contributed by atoms with Crippen LogP contribution in [0.2, 0.25) is 0 Å². The molecular weight excluding hydrogens is 256 g/mol. The Morgan fingerprint density at radius 2 is 2.10 bits per heavy atom. The molecule has 5 nitrogen and oxygen atoms in total. The first-order valence-corrected chi connectivity index (χ1v) is 7.03. The highest BCUT2D eigenvalue weighted by molar-refractivity contribution is 5.84. The van der Waals surface area contributed by atoms with Gasteiger partial charge in [0.25, 0.3) is 0 Å². The number of rotatable bonds is 3. The summed E-state index contributed by atoms with van der Waals surface area (Å²) in [5.74, 6) is 1.52. The number of nitrogens with zero attached hydrogens (tertiary/aromatic N) is 1. The minimum absolute atomic E-state index is 0.00431. The Morgan fingerprint density at radius 1 is 1.25 bits per heavy atom. The largest absolute Gasteiger partial charge is 0.493 e. The van der Waals surface area contributed by atoms with Crippen LogP contribution in [0.15, 0.2) is 18.2 Å². The van der Waals surface area contributed by atoms with E-state index < -0.39 is 0 Å². The summed E-state index contributed by atoms with van der Waals surface area (Å²) in [7, 11) is 3.25. The molecule has 2 fully saturated rings. The molecule has 1 amide bonds. The van der Waals surface area contributed by atoms with Crippen molar-refractivity contribution in [3.05, 3.63) is 23.8 Å². The Balaban J connectivity index is 1.98. The molecule has 2 aliphatic rings. The maximum atomic E-state index is 12.1. The molecule has 3 rings (SSSR count). The lowest BCUT2D eigenvalue weighted by molar-refractivity contribution is -0.122. The molecular formula is C15H20N2O3. The molecule has 0 bridgehead atoms. The molecule has 1 aromatic rings. The molecule has 2 atom stereocenters. The number of fused-ring (bicyclic) bond motifs is 1. The van der Waals surface area contributed by atoms with Crippen molar-refractivity contribution in [2.75, 3.05) is 20.8 Å². The number of ether oxygens (including phenoxy) is 2. The zero-order valence-corrected chi connectivity index (χ0v) is 11.9. The molecule has 0 saturated carbocycles. The van der Waals surface area contributed by atoms with Crippen LogP contribution >= 0.6 is 0 Å². The lowest BCUT2D eigenvalue weighted by atomic mass is 10.0. The zero-order valence-electron chi connectivity index (χ0n) is 11.9. The van der Waals surface area contributed by atoms with Crippen molar-refractivity contribution in [2.24, 2.45) is 0 Å². The number of amides is 1. The fraction of sp³-hybridized carbons (Fsp3) is 0.533. The predicted octanol–water partition coefficient (Wildman–Crippen LogP) is 1.69. The average molecular weight is 276 g/mol. The van der Waals surface area contributed by atoms with Crippen LogP contribution in [-0.2, 0) is 4.79 Å². The number of carbonyl (C=O) groups is 1. The normalized spacial score (nSPS) is 26.0. The Morgan fingerprint density at radius 3 is 2.85 bits per heavy atom. The summed E-state index contributed by atoms with van der Waals surface area (Å²) in [6.07, 6.45) is 3.08. The van der Waals surface area contributed by atoms with Crippen LogP contribution < -0.4 is 14.8 Å². The lowest BCUT2D eigenvalue weighted by Crippen LogP contribution is -2.38. The number of hydrogen-bond donors (Lipinski definition) is 1. The minimum Gasteiger partial charge on any atom is -0.493 e. The highest BCUT2D eigenvalue weighted by Gasteiger charge is 2.42. The van der Waals surface area contributed by atoms with E-state index in [1.807, 2.05) is 18.2 Å². The Bertz CT molecular complexity index is 518. The van der Waals surface area contributed by atoms with Crippen LogP contribution in [0.1, 0.15) is 31.0 Å². The van der Waals surface area contributed by atoms with Crippen LogP contribution in [0.5, 0.6) is 11.5 Å². The summed E-state index contributed by atoms with van der Waals surface area (Å²) in [5.41, 5.74) is 0.963. The molecule has 2 heterocycles. The molecule has 0 aliphatic carbocycles. The van der Waals surface area contributed by atoms with E-state index in [4.69, 9.17) is 9.47 Å². The molecule has 1 aromatic carbocycles. The smallest absolute Gasteiger partial charge is 0.238 e. The highest BCUT2D eigenvalue weighted by Crippen LogP contribution is 2.40. The first-order valence-electron chi connectivity index (χ1n) is 7.03. The molecule has 108 valence electrons. The number of nitrogens with one attached hydrogen (secondary N) is 1. The summed E-state index contributed by atoms with van der Waals surface area (Å²) in [4.78, 5) is 14.4. The third-order valence-electron chi connectivity index (χ3n) is 4.19. The van der Waals surface area contributed by atoms with Crippen molar-refractivity contribution in [3.63, 3.8) is 0 Å². The van der Waals surface area contributed by atoms with Crippen LogP contribution in [0.25, 0.3) is 0 Å². The van der Waals surface area contributed by atoms with Gasteiger partial charge in [0.1, 0.15) is 6.17 Å². The molecule has 0 spiro atoms. The average Bonchev–Trinajstić information content (AvgIpc) is 2.84. The van der Waals surface area contributed by atoms with Crippen molar-refractivity contribution < 1.29 is 14.3 Å². The van der Waals surface area contributed by atoms with Gasteiger partial charge in [-0.25, -0.2) is 0 Å². The molecule has 2 aliphatic heterocycles. The van der Waals surface area contributed by atoms with Crippen molar-refractivity contribution in [1.82, 2.24) is 10.2 Å². The molecule has 0 radical (unpaired) electrons. The van der Waals surface area contributed by atoms with Crippen molar-refractivity contribution in [1.29, 1.82) is 0 Å². The monoisotopic (exact) mass is 276 g/mol. The highest BCUT2D eigenvalue weighted by atomic mass is 16.5. The molecule has 2 unspecified atom stereocenters.